The van der Waals surface area contributed by atoms with Crippen LogP contribution in [0.5, 0.6) is 17.2 Å². The third-order valence-corrected chi connectivity index (χ3v) is 5.41. The third kappa shape index (κ3) is 5.48. The number of hydrogen-bond donors (Lipinski definition) is 0. The zero-order valence-corrected chi connectivity index (χ0v) is 19.6. The van der Waals surface area contributed by atoms with E-state index in [0.717, 1.165) is 19.3 Å². The van der Waals surface area contributed by atoms with Gasteiger partial charge in [-0.05, 0) is 49.6 Å². The molecular formula is C26H30O7. The van der Waals surface area contributed by atoms with E-state index >= 15 is 0 Å². The van der Waals surface area contributed by atoms with Gasteiger partial charge in [-0.3, -0.25) is 9.59 Å². The number of hydrogen-bond acceptors (Lipinski definition) is 7. The number of para-hydroxylation sites is 1. The fourth-order valence-electron chi connectivity index (χ4n) is 3.85. The van der Waals surface area contributed by atoms with Crippen LogP contribution in [0.1, 0.15) is 38.4 Å². The second-order valence-corrected chi connectivity index (χ2v) is 7.51. The van der Waals surface area contributed by atoms with Gasteiger partial charge in [0.25, 0.3) is 0 Å². The number of aryl methyl sites for hydroxylation is 1. The summed E-state index contributed by atoms with van der Waals surface area (Å²) >= 11 is 0. The molecule has 0 aliphatic heterocycles. The third-order valence-electron chi connectivity index (χ3n) is 5.41. The van der Waals surface area contributed by atoms with E-state index in [1.54, 1.807) is 31.2 Å². The zero-order valence-electron chi connectivity index (χ0n) is 19.6. The van der Waals surface area contributed by atoms with Gasteiger partial charge in [-0.2, -0.15) is 0 Å². The quantitative estimate of drug-likeness (QED) is 0.293. The van der Waals surface area contributed by atoms with Crippen LogP contribution in [0.3, 0.4) is 0 Å². The van der Waals surface area contributed by atoms with E-state index in [4.69, 9.17) is 23.4 Å². The molecule has 7 heteroatoms. The maximum atomic E-state index is 13.5. The molecule has 0 atom stereocenters. The molecule has 1 aromatic heterocycles. The summed E-state index contributed by atoms with van der Waals surface area (Å²) in [5, 5.41) is 0.507. The molecular weight excluding hydrogens is 424 g/mol. The Balaban J connectivity index is 1.99. The highest BCUT2D eigenvalue weighted by molar-refractivity contribution is 5.84. The molecule has 0 fully saturated rings. The summed E-state index contributed by atoms with van der Waals surface area (Å²) in [5.74, 6) is 1.77. The second kappa shape index (κ2) is 11.4. The first-order chi connectivity index (χ1) is 16.0. The monoisotopic (exact) mass is 454 g/mol. The van der Waals surface area contributed by atoms with Crippen molar-refractivity contribution in [2.24, 2.45) is 0 Å². The van der Waals surface area contributed by atoms with Gasteiger partial charge in [0.2, 0.25) is 11.2 Å². The van der Waals surface area contributed by atoms with Crippen molar-refractivity contribution in [2.45, 2.75) is 39.0 Å². The molecule has 0 aliphatic rings. The molecule has 176 valence electrons. The molecule has 1 heterocycles. The summed E-state index contributed by atoms with van der Waals surface area (Å²) in [6, 6.07) is 10.7. The fraction of sp³-hybridized carbons (Fsp3) is 0.385. The van der Waals surface area contributed by atoms with E-state index in [-0.39, 0.29) is 11.4 Å². The molecule has 0 N–H and O–H groups in total. The average Bonchev–Trinajstić information content (AvgIpc) is 2.83. The summed E-state index contributed by atoms with van der Waals surface area (Å²) in [6.45, 7) is 2.18. The number of esters is 1. The van der Waals surface area contributed by atoms with Crippen LogP contribution in [-0.4, -0.2) is 33.9 Å². The molecule has 7 nitrogen and oxygen atoms in total. The van der Waals surface area contributed by atoms with Gasteiger partial charge in [0.15, 0.2) is 11.5 Å². The van der Waals surface area contributed by atoms with Crippen LogP contribution in [0.4, 0.5) is 0 Å². The number of benzene rings is 2. The molecule has 2 aromatic carbocycles. The number of fused-ring (bicyclic) bond motifs is 1. The minimum absolute atomic E-state index is 0.118. The maximum Gasteiger partial charge on any atom is 0.305 e. The van der Waals surface area contributed by atoms with Crippen molar-refractivity contribution in [3.8, 4) is 28.4 Å². The first-order valence-electron chi connectivity index (χ1n) is 11.0. The molecule has 0 bridgehead atoms. The Labute approximate surface area is 193 Å². The fourth-order valence-corrected chi connectivity index (χ4v) is 3.85. The van der Waals surface area contributed by atoms with Crippen LogP contribution >= 0.6 is 0 Å². The summed E-state index contributed by atoms with van der Waals surface area (Å²) in [4.78, 5) is 25.1. The van der Waals surface area contributed by atoms with Crippen LogP contribution in [0.25, 0.3) is 22.1 Å². The normalized spacial score (nSPS) is 10.8. The lowest BCUT2D eigenvalue weighted by Gasteiger charge is -2.16. The molecule has 0 saturated carbocycles. The number of unbranched alkanes of at least 4 members (excludes halogenated alkanes) is 2. The Kier molecular flexibility index (Phi) is 8.35. The lowest BCUT2D eigenvalue weighted by molar-refractivity contribution is -0.143. The van der Waals surface area contributed by atoms with Gasteiger partial charge < -0.3 is 23.4 Å². The lowest BCUT2D eigenvalue weighted by Crippen LogP contribution is -2.10. The Morgan fingerprint density at radius 3 is 2.27 bits per heavy atom. The Morgan fingerprint density at radius 1 is 0.939 bits per heavy atom. The summed E-state index contributed by atoms with van der Waals surface area (Å²) in [6.07, 6.45) is 3.22. The predicted molar refractivity (Wildman–Crippen MR) is 126 cm³/mol. The van der Waals surface area contributed by atoms with Gasteiger partial charge in [-0.1, -0.05) is 18.6 Å². The molecule has 0 unspecified atom stereocenters. The molecule has 0 amide bonds. The number of carbonyl (C=O) groups excluding carboxylic acids is 1. The van der Waals surface area contributed by atoms with Crippen molar-refractivity contribution in [3.63, 3.8) is 0 Å². The average molecular weight is 455 g/mol. The van der Waals surface area contributed by atoms with Crippen molar-refractivity contribution in [2.75, 3.05) is 27.9 Å². The molecule has 0 spiro atoms. The van der Waals surface area contributed by atoms with Crippen molar-refractivity contribution >= 4 is 16.9 Å². The van der Waals surface area contributed by atoms with E-state index in [0.29, 0.717) is 64.6 Å². The predicted octanol–water partition coefficient (Wildman–Crippen LogP) is 5.15. The molecule has 33 heavy (non-hydrogen) atoms. The highest BCUT2D eigenvalue weighted by atomic mass is 16.5. The Hall–Kier alpha value is -3.48. The van der Waals surface area contributed by atoms with Crippen LogP contribution in [0.2, 0.25) is 0 Å². The molecule has 0 saturated heterocycles. The molecule has 3 aromatic rings. The van der Waals surface area contributed by atoms with Crippen molar-refractivity contribution in [3.05, 3.63) is 52.4 Å². The van der Waals surface area contributed by atoms with E-state index in [2.05, 4.69) is 0 Å². The number of ether oxygens (including phenoxy) is 4. The first kappa shape index (κ1) is 24.2. The largest absolute Gasteiger partial charge is 0.493 e. The standard InChI is InChI=1S/C26H30O7/c1-5-32-23(27)14-8-6-7-13-20-24(25(28)18-11-9-10-12-19(18)33-20)17-15-21(29-2)26(31-4)22(16-17)30-3/h9-12,15-16H,5-8,13-14H2,1-4H3. The lowest BCUT2D eigenvalue weighted by atomic mass is 9.98. The Bertz CT molecular complexity index is 1140. The van der Waals surface area contributed by atoms with Gasteiger partial charge in [-0.15, -0.1) is 0 Å². The molecule has 3 rings (SSSR count). The van der Waals surface area contributed by atoms with Crippen molar-refractivity contribution in [1.29, 1.82) is 0 Å². The summed E-state index contributed by atoms with van der Waals surface area (Å²) in [5.41, 5.74) is 1.52. The first-order valence-corrected chi connectivity index (χ1v) is 11.0. The van der Waals surface area contributed by atoms with Crippen LogP contribution in [0, 0.1) is 0 Å². The zero-order chi connectivity index (χ0) is 23.8. The summed E-state index contributed by atoms with van der Waals surface area (Å²) < 4.78 is 27.6. The van der Waals surface area contributed by atoms with E-state index in [9.17, 15) is 9.59 Å². The number of carbonyl (C=O) groups is 1. The topological polar surface area (TPSA) is 84.2 Å². The molecule has 0 radical (unpaired) electrons. The smallest absolute Gasteiger partial charge is 0.305 e. The van der Waals surface area contributed by atoms with Crippen LogP contribution in [0.15, 0.2) is 45.6 Å². The molecule has 0 aliphatic carbocycles. The highest BCUT2D eigenvalue weighted by Gasteiger charge is 2.21. The van der Waals surface area contributed by atoms with Gasteiger partial charge >= 0.3 is 5.97 Å². The Morgan fingerprint density at radius 2 is 1.64 bits per heavy atom. The van der Waals surface area contributed by atoms with Gasteiger partial charge in [-0.25, -0.2) is 0 Å². The summed E-state index contributed by atoms with van der Waals surface area (Å²) in [7, 11) is 4.61. The van der Waals surface area contributed by atoms with Gasteiger partial charge in [0.05, 0.1) is 38.9 Å². The van der Waals surface area contributed by atoms with Crippen molar-refractivity contribution < 1.29 is 28.2 Å². The number of methoxy groups -OCH3 is 3. The highest BCUT2D eigenvalue weighted by Crippen LogP contribution is 2.41. The van der Waals surface area contributed by atoms with E-state index < -0.39 is 0 Å². The van der Waals surface area contributed by atoms with Gasteiger partial charge in [0.1, 0.15) is 11.3 Å². The van der Waals surface area contributed by atoms with Crippen molar-refractivity contribution in [1.82, 2.24) is 0 Å². The van der Waals surface area contributed by atoms with E-state index in [1.165, 1.54) is 21.3 Å². The van der Waals surface area contributed by atoms with Crippen LogP contribution in [-0.2, 0) is 16.0 Å². The number of rotatable bonds is 11. The SMILES string of the molecule is CCOC(=O)CCCCCc1oc2ccccc2c(=O)c1-c1cc(OC)c(OC)c(OC)c1. The second-order valence-electron chi connectivity index (χ2n) is 7.51. The van der Waals surface area contributed by atoms with Crippen LogP contribution < -0.4 is 19.6 Å². The minimum Gasteiger partial charge on any atom is -0.493 e. The van der Waals surface area contributed by atoms with Gasteiger partial charge in [0, 0.05) is 12.8 Å². The maximum absolute atomic E-state index is 13.5. The minimum atomic E-state index is -0.187. The van der Waals surface area contributed by atoms with E-state index in [1.807, 2.05) is 12.1 Å².